The van der Waals surface area contributed by atoms with Crippen molar-refractivity contribution in [2.75, 3.05) is 0 Å². The fourth-order valence-electron chi connectivity index (χ4n) is 2.76. The molecule has 1 unspecified atom stereocenters. The lowest BCUT2D eigenvalue weighted by Crippen LogP contribution is -2.12. The summed E-state index contributed by atoms with van der Waals surface area (Å²) in [5.74, 6) is 2.38. The van der Waals surface area contributed by atoms with E-state index in [0.717, 1.165) is 17.2 Å². The summed E-state index contributed by atoms with van der Waals surface area (Å²) in [4.78, 5) is 12.6. The largest absolute Gasteiger partial charge is 0.424 e. The number of hydrogen-bond acceptors (Lipinski definition) is 6. The smallest absolute Gasteiger partial charge is 0.321 e. The number of rotatable bonds is 5. The summed E-state index contributed by atoms with van der Waals surface area (Å²) in [6, 6.07) is 9.73. The van der Waals surface area contributed by atoms with Gasteiger partial charge in [-0.1, -0.05) is 0 Å². The van der Waals surface area contributed by atoms with Crippen molar-refractivity contribution in [3.05, 3.63) is 67.3 Å². The van der Waals surface area contributed by atoms with Gasteiger partial charge in [0.25, 0.3) is 0 Å². The molecule has 4 rings (SSSR count). The van der Waals surface area contributed by atoms with E-state index in [1.807, 2.05) is 42.1 Å². The molecule has 3 heterocycles. The number of aryl methyl sites for hydroxylation is 1. The molecule has 0 aliphatic rings. The molecule has 0 aliphatic carbocycles. The van der Waals surface area contributed by atoms with Crippen molar-refractivity contribution < 1.29 is 4.74 Å². The Kier molecular flexibility index (Phi) is 4.14. The van der Waals surface area contributed by atoms with E-state index in [1.165, 1.54) is 0 Å². The van der Waals surface area contributed by atoms with Gasteiger partial charge in [0, 0.05) is 37.4 Å². The van der Waals surface area contributed by atoms with Gasteiger partial charge in [-0.2, -0.15) is 0 Å². The Balaban J connectivity index is 1.59. The predicted octanol–water partition coefficient (Wildman–Crippen LogP) is 2.87. The van der Waals surface area contributed by atoms with Crippen LogP contribution in [0.3, 0.4) is 0 Å². The highest BCUT2D eigenvalue weighted by atomic mass is 16.5. The van der Waals surface area contributed by atoms with Crippen LogP contribution >= 0.6 is 0 Å². The molecule has 8 heteroatoms. The van der Waals surface area contributed by atoms with Crippen molar-refractivity contribution in [3.63, 3.8) is 0 Å². The second-order valence-electron chi connectivity index (χ2n) is 5.79. The molecule has 0 spiro atoms. The first kappa shape index (κ1) is 15.9. The first-order valence-corrected chi connectivity index (χ1v) is 8.14. The van der Waals surface area contributed by atoms with Gasteiger partial charge in [-0.3, -0.25) is 0 Å². The lowest BCUT2D eigenvalue weighted by Gasteiger charge is -2.15. The maximum absolute atomic E-state index is 5.63. The number of ether oxygens (including phenoxy) is 1. The Morgan fingerprint density at radius 2 is 1.77 bits per heavy atom. The monoisotopic (exact) mass is 347 g/mol. The highest BCUT2D eigenvalue weighted by Gasteiger charge is 2.17. The lowest BCUT2D eigenvalue weighted by molar-refractivity contribution is 0.442. The highest BCUT2D eigenvalue weighted by molar-refractivity contribution is 5.57. The molecule has 0 bridgehead atoms. The standard InChI is InChI=1S/C18H17N7O/c1-13(16-23-22-12-24(16)2)25-11-10-19-17(25)14-4-6-15(7-5-14)26-18-20-8-3-9-21-18/h3-13H,1-2H3. The molecule has 0 radical (unpaired) electrons. The zero-order valence-electron chi connectivity index (χ0n) is 14.4. The third kappa shape index (κ3) is 3.04. The molecule has 0 saturated heterocycles. The van der Waals surface area contributed by atoms with Crippen LogP contribution in [0.4, 0.5) is 0 Å². The Morgan fingerprint density at radius 3 is 2.46 bits per heavy atom. The van der Waals surface area contributed by atoms with Gasteiger partial charge in [-0.25, -0.2) is 15.0 Å². The molecule has 3 aromatic heterocycles. The Labute approximate surface area is 150 Å². The summed E-state index contributed by atoms with van der Waals surface area (Å²) in [7, 11) is 1.93. The van der Waals surface area contributed by atoms with E-state index in [-0.39, 0.29) is 6.04 Å². The van der Waals surface area contributed by atoms with Crippen LogP contribution < -0.4 is 4.74 Å². The maximum Gasteiger partial charge on any atom is 0.321 e. The highest BCUT2D eigenvalue weighted by Crippen LogP contribution is 2.26. The van der Waals surface area contributed by atoms with Crippen LogP contribution in [0.1, 0.15) is 18.8 Å². The van der Waals surface area contributed by atoms with Crippen LogP contribution in [0.5, 0.6) is 11.8 Å². The number of nitrogens with zero attached hydrogens (tertiary/aromatic N) is 7. The zero-order chi connectivity index (χ0) is 17.9. The second-order valence-corrected chi connectivity index (χ2v) is 5.79. The van der Waals surface area contributed by atoms with E-state index in [9.17, 15) is 0 Å². The average molecular weight is 347 g/mol. The number of aromatic nitrogens is 7. The minimum Gasteiger partial charge on any atom is -0.424 e. The number of hydrogen-bond donors (Lipinski definition) is 0. The van der Waals surface area contributed by atoms with Crippen molar-refractivity contribution in [1.29, 1.82) is 0 Å². The van der Waals surface area contributed by atoms with Gasteiger partial charge in [0.05, 0.1) is 6.04 Å². The Bertz CT molecular complexity index is 992. The lowest BCUT2D eigenvalue weighted by atomic mass is 10.2. The van der Waals surface area contributed by atoms with Gasteiger partial charge < -0.3 is 13.9 Å². The molecule has 26 heavy (non-hydrogen) atoms. The molecule has 1 aromatic carbocycles. The Morgan fingerprint density at radius 1 is 1.00 bits per heavy atom. The summed E-state index contributed by atoms with van der Waals surface area (Å²) in [6.07, 6.45) is 8.70. The molecule has 0 N–H and O–H groups in total. The van der Waals surface area contributed by atoms with E-state index < -0.39 is 0 Å². The van der Waals surface area contributed by atoms with Crippen LogP contribution in [0.15, 0.2) is 61.4 Å². The van der Waals surface area contributed by atoms with Crippen LogP contribution in [-0.2, 0) is 7.05 Å². The minimum absolute atomic E-state index is 0.00800. The summed E-state index contributed by atoms with van der Waals surface area (Å²) in [6.45, 7) is 2.07. The van der Waals surface area contributed by atoms with Gasteiger partial charge >= 0.3 is 6.01 Å². The third-order valence-electron chi connectivity index (χ3n) is 4.07. The normalized spacial score (nSPS) is 12.1. The first-order chi connectivity index (χ1) is 12.7. The van der Waals surface area contributed by atoms with E-state index in [4.69, 9.17) is 4.74 Å². The van der Waals surface area contributed by atoms with E-state index in [0.29, 0.717) is 11.8 Å². The van der Waals surface area contributed by atoms with Gasteiger partial charge in [0.1, 0.15) is 17.9 Å². The van der Waals surface area contributed by atoms with Crippen molar-refractivity contribution in [2.24, 2.45) is 7.05 Å². The molecule has 0 saturated carbocycles. The van der Waals surface area contributed by atoms with Crippen LogP contribution in [-0.4, -0.2) is 34.3 Å². The van der Waals surface area contributed by atoms with Gasteiger partial charge in [0.15, 0.2) is 5.82 Å². The number of benzene rings is 1. The summed E-state index contributed by atoms with van der Waals surface area (Å²) in [5, 5.41) is 8.16. The van der Waals surface area contributed by atoms with E-state index in [2.05, 4.69) is 36.6 Å². The fraction of sp³-hybridized carbons (Fsp3) is 0.167. The summed E-state index contributed by atoms with van der Waals surface area (Å²) < 4.78 is 9.61. The summed E-state index contributed by atoms with van der Waals surface area (Å²) in [5.41, 5.74) is 0.977. The van der Waals surface area contributed by atoms with Gasteiger partial charge in [0.2, 0.25) is 0 Å². The van der Waals surface area contributed by atoms with E-state index >= 15 is 0 Å². The summed E-state index contributed by atoms with van der Waals surface area (Å²) >= 11 is 0. The topological polar surface area (TPSA) is 83.5 Å². The second kappa shape index (κ2) is 6.75. The van der Waals surface area contributed by atoms with Gasteiger partial charge in [-0.05, 0) is 37.3 Å². The fourth-order valence-corrected chi connectivity index (χ4v) is 2.76. The first-order valence-electron chi connectivity index (χ1n) is 8.14. The third-order valence-corrected chi connectivity index (χ3v) is 4.07. The predicted molar refractivity (Wildman–Crippen MR) is 94.6 cm³/mol. The maximum atomic E-state index is 5.63. The molecule has 1 atom stereocenters. The van der Waals surface area contributed by atoms with Crippen LogP contribution in [0, 0.1) is 0 Å². The quantitative estimate of drug-likeness (QED) is 0.552. The SMILES string of the molecule is CC(c1nncn1C)n1ccnc1-c1ccc(Oc2ncccn2)cc1. The molecular formula is C18H17N7O. The van der Waals surface area contributed by atoms with Crippen molar-refractivity contribution in [1.82, 2.24) is 34.3 Å². The molecule has 0 fully saturated rings. The van der Waals surface area contributed by atoms with Crippen molar-refractivity contribution in [2.45, 2.75) is 13.0 Å². The molecule has 4 aromatic rings. The van der Waals surface area contributed by atoms with E-state index in [1.54, 1.807) is 31.0 Å². The van der Waals surface area contributed by atoms with Crippen LogP contribution in [0.2, 0.25) is 0 Å². The average Bonchev–Trinajstić information content (AvgIpc) is 3.32. The number of imidazole rings is 1. The molecule has 8 nitrogen and oxygen atoms in total. The molecule has 130 valence electrons. The van der Waals surface area contributed by atoms with Crippen molar-refractivity contribution in [3.8, 4) is 23.1 Å². The Hall–Kier alpha value is -3.55. The zero-order valence-corrected chi connectivity index (χ0v) is 14.4. The van der Waals surface area contributed by atoms with Gasteiger partial charge in [-0.15, -0.1) is 10.2 Å². The minimum atomic E-state index is 0.00800. The van der Waals surface area contributed by atoms with Crippen LogP contribution in [0.25, 0.3) is 11.4 Å². The molecule has 0 amide bonds. The molecule has 0 aliphatic heterocycles. The molecular weight excluding hydrogens is 330 g/mol. The van der Waals surface area contributed by atoms with Crippen molar-refractivity contribution >= 4 is 0 Å².